The van der Waals surface area contributed by atoms with E-state index in [0.717, 1.165) is 6.42 Å². The zero-order chi connectivity index (χ0) is 10.8. The van der Waals surface area contributed by atoms with E-state index in [-0.39, 0.29) is 10.8 Å². The van der Waals surface area contributed by atoms with E-state index in [0.29, 0.717) is 13.0 Å². The number of halogens is 1. The van der Waals surface area contributed by atoms with Crippen LogP contribution in [-0.2, 0) is 9.53 Å². The van der Waals surface area contributed by atoms with E-state index in [1.165, 1.54) is 25.7 Å². The van der Waals surface area contributed by atoms with Crippen LogP contribution >= 0.6 is 15.9 Å². The number of hydrogen-bond acceptors (Lipinski definition) is 2. The van der Waals surface area contributed by atoms with Gasteiger partial charge in [-0.3, -0.25) is 4.79 Å². The van der Waals surface area contributed by atoms with Gasteiger partial charge in [0.1, 0.15) is 0 Å². The van der Waals surface area contributed by atoms with Crippen LogP contribution in [0.25, 0.3) is 0 Å². The fraction of sp³-hybridized carbons (Fsp3) is 0.909. The van der Waals surface area contributed by atoms with Crippen LogP contribution in [0.5, 0.6) is 0 Å². The van der Waals surface area contributed by atoms with Gasteiger partial charge in [0.15, 0.2) is 0 Å². The minimum atomic E-state index is -0.0927. The van der Waals surface area contributed by atoms with E-state index in [4.69, 9.17) is 4.74 Å². The summed E-state index contributed by atoms with van der Waals surface area (Å²) in [6, 6.07) is 0. The van der Waals surface area contributed by atoms with Gasteiger partial charge in [-0.25, -0.2) is 0 Å². The third-order valence-corrected chi connectivity index (χ3v) is 2.28. The van der Waals surface area contributed by atoms with Gasteiger partial charge in [-0.1, -0.05) is 55.5 Å². The predicted octanol–water partition coefficient (Wildman–Crippen LogP) is 3.67. The molecule has 0 aromatic heterocycles. The van der Waals surface area contributed by atoms with Crippen LogP contribution < -0.4 is 0 Å². The molecule has 0 N–H and O–H groups in total. The standard InChI is InChI=1S/C11H21BrO2/c1-3-4-5-6-7-8-14-11(13)9-10(2)12/h10H,3-9H2,1-2H3. The average molecular weight is 265 g/mol. The normalized spacial score (nSPS) is 12.5. The molecular weight excluding hydrogens is 244 g/mol. The lowest BCUT2D eigenvalue weighted by Gasteiger charge is -2.05. The topological polar surface area (TPSA) is 26.3 Å². The SMILES string of the molecule is CCCCCCCOC(=O)CC(C)Br. The highest BCUT2D eigenvalue weighted by Gasteiger charge is 2.06. The largest absolute Gasteiger partial charge is 0.466 e. The quantitative estimate of drug-likeness (QED) is 0.380. The number of rotatable bonds is 8. The fourth-order valence-corrected chi connectivity index (χ4v) is 1.44. The molecule has 0 aliphatic carbocycles. The highest BCUT2D eigenvalue weighted by atomic mass is 79.9. The van der Waals surface area contributed by atoms with Crippen molar-refractivity contribution in [3.8, 4) is 0 Å². The first-order valence-electron chi connectivity index (χ1n) is 5.46. The molecule has 3 heteroatoms. The first kappa shape index (κ1) is 13.9. The molecule has 84 valence electrons. The zero-order valence-electron chi connectivity index (χ0n) is 9.22. The van der Waals surface area contributed by atoms with Gasteiger partial charge in [0.25, 0.3) is 0 Å². The molecule has 0 saturated carbocycles. The maximum Gasteiger partial charge on any atom is 0.306 e. The molecule has 0 fully saturated rings. The van der Waals surface area contributed by atoms with E-state index in [2.05, 4.69) is 22.9 Å². The molecule has 0 rings (SSSR count). The minimum absolute atomic E-state index is 0.0927. The van der Waals surface area contributed by atoms with Crippen molar-refractivity contribution in [2.24, 2.45) is 0 Å². The van der Waals surface area contributed by atoms with Crippen LogP contribution in [0.2, 0.25) is 0 Å². The summed E-state index contributed by atoms with van der Waals surface area (Å²) in [7, 11) is 0. The fourth-order valence-electron chi connectivity index (χ4n) is 1.18. The van der Waals surface area contributed by atoms with Crippen molar-refractivity contribution in [1.29, 1.82) is 0 Å². The number of alkyl halides is 1. The predicted molar refractivity (Wildman–Crippen MR) is 62.7 cm³/mol. The van der Waals surface area contributed by atoms with Gasteiger partial charge < -0.3 is 4.74 Å². The summed E-state index contributed by atoms with van der Waals surface area (Å²) < 4.78 is 5.06. The molecule has 0 bridgehead atoms. The third kappa shape index (κ3) is 10.0. The Labute approximate surface area is 95.5 Å². The van der Waals surface area contributed by atoms with Crippen LogP contribution in [0, 0.1) is 0 Å². The molecular formula is C11H21BrO2. The third-order valence-electron chi connectivity index (χ3n) is 1.96. The van der Waals surface area contributed by atoms with Gasteiger partial charge >= 0.3 is 5.97 Å². The molecule has 0 aromatic carbocycles. The van der Waals surface area contributed by atoms with E-state index >= 15 is 0 Å². The van der Waals surface area contributed by atoms with Crippen LogP contribution in [0.4, 0.5) is 0 Å². The summed E-state index contributed by atoms with van der Waals surface area (Å²) in [6.07, 6.45) is 6.43. The number of carbonyl (C=O) groups excluding carboxylic acids is 1. The summed E-state index contributed by atoms with van der Waals surface area (Å²) in [5.41, 5.74) is 0. The number of unbranched alkanes of at least 4 members (excludes halogenated alkanes) is 4. The molecule has 1 atom stereocenters. The molecule has 0 aliphatic heterocycles. The second-order valence-corrected chi connectivity index (χ2v) is 5.18. The van der Waals surface area contributed by atoms with Crippen LogP contribution in [-0.4, -0.2) is 17.4 Å². The summed E-state index contributed by atoms with van der Waals surface area (Å²) >= 11 is 3.32. The molecule has 0 heterocycles. The van der Waals surface area contributed by atoms with Crippen LogP contribution in [0.3, 0.4) is 0 Å². The van der Waals surface area contributed by atoms with E-state index in [1.807, 2.05) is 6.92 Å². The van der Waals surface area contributed by atoms with Gasteiger partial charge in [0.2, 0.25) is 0 Å². The lowest BCUT2D eigenvalue weighted by atomic mass is 10.2. The van der Waals surface area contributed by atoms with Gasteiger partial charge in [-0.2, -0.15) is 0 Å². The Balaban J connectivity index is 3.15. The highest BCUT2D eigenvalue weighted by molar-refractivity contribution is 9.09. The second-order valence-electron chi connectivity index (χ2n) is 3.62. The zero-order valence-corrected chi connectivity index (χ0v) is 10.8. The Kier molecular flexibility index (Phi) is 9.47. The molecule has 0 aromatic rings. The lowest BCUT2D eigenvalue weighted by Crippen LogP contribution is -2.09. The van der Waals surface area contributed by atoms with Gasteiger partial charge in [0.05, 0.1) is 13.0 Å². The maximum atomic E-state index is 11.1. The summed E-state index contributed by atoms with van der Waals surface area (Å²) in [5, 5.41) is 0. The summed E-state index contributed by atoms with van der Waals surface area (Å²) in [5.74, 6) is -0.0927. The smallest absolute Gasteiger partial charge is 0.306 e. The first-order chi connectivity index (χ1) is 6.66. The number of esters is 1. The molecule has 0 radical (unpaired) electrons. The van der Waals surface area contributed by atoms with Crippen molar-refractivity contribution in [2.45, 2.75) is 57.2 Å². The van der Waals surface area contributed by atoms with E-state index in [1.54, 1.807) is 0 Å². The van der Waals surface area contributed by atoms with Crippen LogP contribution in [0.1, 0.15) is 52.4 Å². The van der Waals surface area contributed by atoms with E-state index in [9.17, 15) is 4.79 Å². The second kappa shape index (κ2) is 9.50. The number of carbonyl (C=O) groups is 1. The van der Waals surface area contributed by atoms with Crippen molar-refractivity contribution in [1.82, 2.24) is 0 Å². The summed E-state index contributed by atoms with van der Waals surface area (Å²) in [4.78, 5) is 11.3. The highest BCUT2D eigenvalue weighted by Crippen LogP contribution is 2.06. The first-order valence-corrected chi connectivity index (χ1v) is 6.38. The number of hydrogen-bond donors (Lipinski definition) is 0. The van der Waals surface area contributed by atoms with Gasteiger partial charge in [-0.05, 0) is 6.42 Å². The molecule has 2 nitrogen and oxygen atoms in total. The molecule has 1 unspecified atom stereocenters. The van der Waals surface area contributed by atoms with Crippen molar-refractivity contribution >= 4 is 21.9 Å². The van der Waals surface area contributed by atoms with Gasteiger partial charge in [-0.15, -0.1) is 0 Å². The molecule has 0 saturated heterocycles. The monoisotopic (exact) mass is 264 g/mol. The molecule has 14 heavy (non-hydrogen) atoms. The van der Waals surface area contributed by atoms with Crippen molar-refractivity contribution in [2.75, 3.05) is 6.61 Å². The number of ether oxygens (including phenoxy) is 1. The Bertz CT molecular complexity index is 146. The van der Waals surface area contributed by atoms with Crippen molar-refractivity contribution in [3.63, 3.8) is 0 Å². The molecule has 0 aliphatic rings. The van der Waals surface area contributed by atoms with Crippen LogP contribution in [0.15, 0.2) is 0 Å². The Morgan fingerprint density at radius 1 is 1.29 bits per heavy atom. The van der Waals surface area contributed by atoms with Gasteiger partial charge in [0, 0.05) is 4.83 Å². The maximum absolute atomic E-state index is 11.1. The average Bonchev–Trinajstić information content (AvgIpc) is 2.10. The Morgan fingerprint density at radius 3 is 2.50 bits per heavy atom. The van der Waals surface area contributed by atoms with Crippen molar-refractivity contribution < 1.29 is 9.53 Å². The van der Waals surface area contributed by atoms with E-state index < -0.39 is 0 Å². The Hall–Kier alpha value is -0.0500. The molecule has 0 spiro atoms. The van der Waals surface area contributed by atoms with Crippen molar-refractivity contribution in [3.05, 3.63) is 0 Å². The summed E-state index contributed by atoms with van der Waals surface area (Å²) in [6.45, 7) is 4.72. The Morgan fingerprint density at radius 2 is 1.93 bits per heavy atom. The molecule has 0 amide bonds. The lowest BCUT2D eigenvalue weighted by molar-refractivity contribution is -0.143. The minimum Gasteiger partial charge on any atom is -0.466 e.